The van der Waals surface area contributed by atoms with Crippen molar-refractivity contribution in [1.29, 1.82) is 0 Å². The predicted molar refractivity (Wildman–Crippen MR) is 70.2 cm³/mol. The van der Waals surface area contributed by atoms with Gasteiger partial charge in [-0.15, -0.1) is 0 Å². The number of hydrogen-bond donors (Lipinski definition) is 0. The monoisotopic (exact) mass is 329 g/mol. The second-order valence-electron chi connectivity index (χ2n) is 3.48. The molecule has 0 saturated carbocycles. The number of carbonyl (C=O) groups is 1. The van der Waals surface area contributed by atoms with Gasteiger partial charge in [0, 0.05) is 17.8 Å². The van der Waals surface area contributed by atoms with Crippen molar-refractivity contribution in [3.63, 3.8) is 0 Å². The van der Waals surface area contributed by atoms with E-state index in [9.17, 15) is 4.79 Å². The molecule has 2 rings (SSSR count). The lowest BCUT2D eigenvalue weighted by molar-refractivity contribution is 0.111. The second kappa shape index (κ2) is 5.60. The average Bonchev–Trinajstić information content (AvgIpc) is 2.66. The molecule has 0 fully saturated rings. The predicted octanol–water partition coefficient (Wildman–Crippen LogP) is 2.64. The number of methoxy groups -OCH3 is 1. The smallest absolute Gasteiger partial charge is 0.155 e. The van der Waals surface area contributed by atoms with Crippen molar-refractivity contribution in [3.05, 3.63) is 39.3 Å². The molecule has 0 bridgehead atoms. The molecule has 0 radical (unpaired) electrons. The molecule has 94 valence electrons. The number of hydrogen-bond acceptors (Lipinski definition) is 4. The van der Waals surface area contributed by atoms with E-state index in [-0.39, 0.29) is 11.8 Å². The largest absolute Gasteiger partial charge is 0.378 e. The molecular formula is C11H9BrClN3O2. The highest BCUT2D eigenvalue weighted by molar-refractivity contribution is 9.10. The van der Waals surface area contributed by atoms with Crippen LogP contribution in [0.1, 0.15) is 16.1 Å². The zero-order chi connectivity index (χ0) is 13.1. The van der Waals surface area contributed by atoms with Gasteiger partial charge in [0.05, 0.1) is 24.1 Å². The molecule has 0 saturated heterocycles. The molecule has 0 atom stereocenters. The lowest BCUT2D eigenvalue weighted by Gasteiger charge is -2.02. The van der Waals surface area contributed by atoms with E-state index in [1.165, 1.54) is 11.8 Å². The van der Waals surface area contributed by atoms with Gasteiger partial charge in [0.1, 0.15) is 10.8 Å². The van der Waals surface area contributed by atoms with Gasteiger partial charge in [-0.3, -0.25) is 9.78 Å². The van der Waals surface area contributed by atoms with E-state index in [0.717, 1.165) is 4.47 Å². The number of ether oxygens (including phenoxy) is 1. The summed E-state index contributed by atoms with van der Waals surface area (Å²) in [6.07, 6.45) is 3.93. The topological polar surface area (TPSA) is 57.0 Å². The first-order valence-corrected chi connectivity index (χ1v) is 6.17. The van der Waals surface area contributed by atoms with Crippen LogP contribution >= 0.6 is 27.5 Å². The van der Waals surface area contributed by atoms with Crippen molar-refractivity contribution >= 4 is 33.8 Å². The second-order valence-corrected chi connectivity index (χ2v) is 4.75. The maximum atomic E-state index is 11.0. The summed E-state index contributed by atoms with van der Waals surface area (Å²) in [6, 6.07) is 1.80. The van der Waals surface area contributed by atoms with E-state index in [2.05, 4.69) is 26.0 Å². The van der Waals surface area contributed by atoms with Crippen molar-refractivity contribution in [1.82, 2.24) is 14.8 Å². The molecule has 0 aliphatic carbocycles. The van der Waals surface area contributed by atoms with Crippen LogP contribution in [-0.2, 0) is 11.3 Å². The first-order valence-electron chi connectivity index (χ1n) is 4.99. The van der Waals surface area contributed by atoms with Crippen molar-refractivity contribution in [3.8, 4) is 5.69 Å². The summed E-state index contributed by atoms with van der Waals surface area (Å²) in [5.74, 6) is 0. The average molecular weight is 331 g/mol. The molecule has 2 heterocycles. The summed E-state index contributed by atoms with van der Waals surface area (Å²) in [5, 5.41) is 4.50. The van der Waals surface area contributed by atoms with Gasteiger partial charge in [0.2, 0.25) is 0 Å². The molecule has 0 unspecified atom stereocenters. The molecule has 7 heteroatoms. The molecule has 0 spiro atoms. The number of aldehydes is 1. The van der Waals surface area contributed by atoms with Crippen LogP contribution in [-0.4, -0.2) is 28.2 Å². The highest BCUT2D eigenvalue weighted by Gasteiger charge is 2.16. The van der Waals surface area contributed by atoms with Gasteiger partial charge in [-0.1, -0.05) is 11.6 Å². The minimum Gasteiger partial charge on any atom is -0.378 e. The van der Waals surface area contributed by atoms with Crippen molar-refractivity contribution in [2.45, 2.75) is 6.61 Å². The van der Waals surface area contributed by atoms with Crippen LogP contribution in [0.25, 0.3) is 5.69 Å². The molecule has 0 amide bonds. The third-order valence-electron chi connectivity index (χ3n) is 2.27. The lowest BCUT2D eigenvalue weighted by atomic mass is 10.3. The molecule has 2 aromatic heterocycles. The molecule has 0 aliphatic rings. The molecular weight excluding hydrogens is 321 g/mol. The Labute approximate surface area is 117 Å². The van der Waals surface area contributed by atoms with Crippen LogP contribution in [0.15, 0.2) is 22.9 Å². The van der Waals surface area contributed by atoms with E-state index in [1.807, 2.05) is 0 Å². The number of rotatable bonds is 4. The van der Waals surface area contributed by atoms with Gasteiger partial charge in [-0.05, 0) is 22.0 Å². The van der Waals surface area contributed by atoms with Crippen LogP contribution in [0.3, 0.4) is 0 Å². The van der Waals surface area contributed by atoms with Gasteiger partial charge in [-0.25, -0.2) is 4.68 Å². The Hall–Kier alpha value is -1.24. The van der Waals surface area contributed by atoms with Gasteiger partial charge < -0.3 is 4.74 Å². The normalized spacial score (nSPS) is 10.6. The van der Waals surface area contributed by atoms with Gasteiger partial charge >= 0.3 is 0 Å². The third kappa shape index (κ3) is 2.45. The first kappa shape index (κ1) is 13.2. The minimum atomic E-state index is 0.224. The quantitative estimate of drug-likeness (QED) is 0.809. The number of carbonyl (C=O) groups excluding carboxylic acids is 1. The Morgan fingerprint density at radius 2 is 2.33 bits per heavy atom. The van der Waals surface area contributed by atoms with Crippen molar-refractivity contribution in [2.75, 3.05) is 7.11 Å². The van der Waals surface area contributed by atoms with Gasteiger partial charge in [0.15, 0.2) is 6.29 Å². The molecule has 0 N–H and O–H groups in total. The van der Waals surface area contributed by atoms with Crippen molar-refractivity contribution in [2.24, 2.45) is 0 Å². The molecule has 2 aromatic rings. The Morgan fingerprint density at radius 1 is 1.56 bits per heavy atom. The Balaban J connectivity index is 2.54. The maximum Gasteiger partial charge on any atom is 0.155 e. The van der Waals surface area contributed by atoms with Gasteiger partial charge in [-0.2, -0.15) is 5.10 Å². The number of pyridine rings is 1. The summed E-state index contributed by atoms with van der Waals surface area (Å²) in [6.45, 7) is 0.224. The Kier molecular flexibility index (Phi) is 4.11. The van der Waals surface area contributed by atoms with Crippen molar-refractivity contribution < 1.29 is 9.53 Å². The van der Waals surface area contributed by atoms with E-state index in [4.69, 9.17) is 16.3 Å². The van der Waals surface area contributed by atoms with E-state index in [0.29, 0.717) is 23.2 Å². The fourth-order valence-corrected chi connectivity index (χ4v) is 2.14. The number of halogens is 2. The summed E-state index contributed by atoms with van der Waals surface area (Å²) < 4.78 is 7.23. The van der Waals surface area contributed by atoms with E-state index >= 15 is 0 Å². The standard InChI is InChI=1S/C11H9BrClN3O2/c1-18-6-10-9(5-17)11(13)16(15-10)8-2-7(12)3-14-4-8/h2-5H,6H2,1H3. The summed E-state index contributed by atoms with van der Waals surface area (Å²) in [4.78, 5) is 15.0. The Bertz CT molecular complexity index is 586. The first-order chi connectivity index (χ1) is 8.67. The van der Waals surface area contributed by atoms with E-state index < -0.39 is 0 Å². The zero-order valence-corrected chi connectivity index (χ0v) is 11.8. The Morgan fingerprint density at radius 3 is 2.94 bits per heavy atom. The fourth-order valence-electron chi connectivity index (χ4n) is 1.50. The van der Waals surface area contributed by atoms with Crippen LogP contribution in [0.4, 0.5) is 0 Å². The number of aromatic nitrogens is 3. The highest BCUT2D eigenvalue weighted by atomic mass is 79.9. The van der Waals surface area contributed by atoms with Crippen LogP contribution in [0.2, 0.25) is 5.15 Å². The zero-order valence-electron chi connectivity index (χ0n) is 9.43. The fraction of sp³-hybridized carbons (Fsp3) is 0.182. The third-order valence-corrected chi connectivity index (χ3v) is 3.07. The SMILES string of the molecule is COCc1nn(-c2cncc(Br)c2)c(Cl)c1C=O. The highest BCUT2D eigenvalue weighted by Crippen LogP contribution is 2.23. The summed E-state index contributed by atoms with van der Waals surface area (Å²) in [7, 11) is 1.53. The molecule has 0 aliphatic heterocycles. The van der Waals surface area contributed by atoms with Crippen LogP contribution in [0.5, 0.6) is 0 Å². The minimum absolute atomic E-state index is 0.224. The van der Waals surface area contributed by atoms with Gasteiger partial charge in [0.25, 0.3) is 0 Å². The molecule has 5 nitrogen and oxygen atoms in total. The lowest BCUT2D eigenvalue weighted by Crippen LogP contribution is -1.98. The van der Waals surface area contributed by atoms with Crippen LogP contribution in [0, 0.1) is 0 Å². The number of nitrogens with zero attached hydrogens (tertiary/aromatic N) is 3. The summed E-state index contributed by atoms with van der Waals surface area (Å²) in [5.41, 5.74) is 1.50. The summed E-state index contributed by atoms with van der Waals surface area (Å²) >= 11 is 9.44. The molecule has 18 heavy (non-hydrogen) atoms. The molecule has 0 aromatic carbocycles. The van der Waals surface area contributed by atoms with E-state index in [1.54, 1.807) is 18.5 Å². The van der Waals surface area contributed by atoms with Crippen LogP contribution < -0.4 is 0 Å². The maximum absolute atomic E-state index is 11.0.